The number of unbranched alkanes of at least 4 members (excludes halogenated alkanes) is 6. The van der Waals surface area contributed by atoms with Crippen LogP contribution >= 0.6 is 16.1 Å². The van der Waals surface area contributed by atoms with E-state index in [1.165, 1.54) is 124 Å². The van der Waals surface area contributed by atoms with Gasteiger partial charge in [0.15, 0.2) is 11.5 Å². The van der Waals surface area contributed by atoms with Crippen LogP contribution in [0.1, 0.15) is 151 Å². The van der Waals surface area contributed by atoms with Crippen LogP contribution in [0.2, 0.25) is 36.3 Å². The third kappa shape index (κ3) is 16.3. The molecule has 0 N–H and O–H groups in total. The van der Waals surface area contributed by atoms with Crippen molar-refractivity contribution >= 4 is 84.1 Å². The first-order valence-corrected chi connectivity index (χ1v) is 38.2. The summed E-state index contributed by atoms with van der Waals surface area (Å²) in [5.74, 6) is 0.691. The minimum atomic E-state index is -3.89. The molecule has 1 saturated carbocycles. The molecular formula is C56H87NO6P2S2Si2. The van der Waals surface area contributed by atoms with Gasteiger partial charge in [-0.05, 0) is 47.7 Å². The molecule has 0 bridgehead atoms. The van der Waals surface area contributed by atoms with Crippen LogP contribution in [0.3, 0.4) is 0 Å². The third-order valence-corrected chi connectivity index (χ3v) is 32.2. The number of rotatable bonds is 31. The first-order valence-electron chi connectivity index (χ1n) is 26.8. The molecule has 0 saturated heterocycles. The van der Waals surface area contributed by atoms with Crippen molar-refractivity contribution in [1.82, 2.24) is 4.44 Å². The van der Waals surface area contributed by atoms with Gasteiger partial charge in [-0.25, -0.2) is 4.44 Å². The molecule has 4 aromatic rings. The number of hydrogen-bond donors (Lipinski definition) is 0. The zero-order chi connectivity index (χ0) is 49.9. The van der Waals surface area contributed by atoms with Crippen LogP contribution in [0.15, 0.2) is 97.1 Å². The molecule has 0 heterocycles. The van der Waals surface area contributed by atoms with Crippen LogP contribution in [0.4, 0.5) is 0 Å². The van der Waals surface area contributed by atoms with Crippen LogP contribution in [0.5, 0.6) is 11.5 Å². The molecule has 2 unspecified atom stereocenters. The summed E-state index contributed by atoms with van der Waals surface area (Å²) in [6.07, 6.45) is 22.2. The van der Waals surface area contributed by atoms with E-state index < -0.39 is 52.5 Å². The monoisotopic (exact) mass is 1050 g/mol. The quantitative estimate of drug-likeness (QED) is 0.0282. The molecule has 5 rings (SSSR count). The maximum absolute atomic E-state index is 13.2. The molecule has 1 aliphatic carbocycles. The van der Waals surface area contributed by atoms with Gasteiger partial charge < -0.3 is 8.37 Å². The molecule has 7 nitrogen and oxygen atoms in total. The molecule has 1 fully saturated rings. The lowest BCUT2D eigenvalue weighted by Crippen LogP contribution is -2.48. The van der Waals surface area contributed by atoms with E-state index in [9.17, 15) is 16.8 Å². The van der Waals surface area contributed by atoms with Crippen molar-refractivity contribution in [1.29, 1.82) is 0 Å². The van der Waals surface area contributed by atoms with Crippen molar-refractivity contribution < 1.29 is 25.2 Å². The first-order chi connectivity index (χ1) is 33.2. The second-order valence-corrected chi connectivity index (χ2v) is 36.9. The van der Waals surface area contributed by atoms with Crippen LogP contribution in [-0.4, -0.2) is 56.0 Å². The summed E-state index contributed by atoms with van der Waals surface area (Å²) < 4.78 is 67.4. The highest BCUT2D eigenvalue weighted by atomic mass is 32.2. The zero-order valence-electron chi connectivity index (χ0n) is 43.7. The Bertz CT molecular complexity index is 2160. The van der Waals surface area contributed by atoms with Crippen LogP contribution in [-0.2, 0) is 20.2 Å². The van der Waals surface area contributed by atoms with Crippen LogP contribution in [0.25, 0.3) is 0 Å². The SMILES string of the molecule is CCCC[Si](CCCC)(CCCC)c1ccc(P(c2ccccc2OS(C)(=O)=O)N(C2CCCCC2)P(c2ccc([Si](CCCC)(CCCC)CCCC)cc2)c2ccccc2OS(C)(=O)=O)cc1. The Morgan fingerprint density at radius 2 is 0.768 bits per heavy atom. The highest BCUT2D eigenvalue weighted by molar-refractivity contribution is 7.87. The van der Waals surface area contributed by atoms with Gasteiger partial charge in [-0.1, -0.05) is 257 Å². The van der Waals surface area contributed by atoms with Crippen molar-refractivity contribution in [2.75, 3.05) is 12.5 Å². The second-order valence-electron chi connectivity index (χ2n) is 20.0. The molecule has 0 aliphatic heterocycles. The van der Waals surface area contributed by atoms with Crippen molar-refractivity contribution in [3.05, 3.63) is 97.1 Å². The fraction of sp³-hybridized carbons (Fsp3) is 0.571. The number of para-hydroxylation sites is 2. The van der Waals surface area contributed by atoms with E-state index >= 15 is 0 Å². The van der Waals surface area contributed by atoms with Gasteiger partial charge in [0.25, 0.3) is 0 Å². The highest BCUT2D eigenvalue weighted by Gasteiger charge is 2.42. The minimum absolute atomic E-state index is 0.118. The average Bonchev–Trinajstić information content (AvgIpc) is 3.34. The Hall–Kier alpha value is -2.37. The van der Waals surface area contributed by atoms with Gasteiger partial charge in [0.1, 0.15) is 0 Å². The molecule has 0 aromatic heterocycles. The van der Waals surface area contributed by atoms with Gasteiger partial charge in [-0.3, -0.25) is 0 Å². The van der Waals surface area contributed by atoms with Crippen molar-refractivity contribution in [3.8, 4) is 11.5 Å². The maximum Gasteiger partial charge on any atom is 0.306 e. The standard InChI is InChI=1S/C56H87NO6P2S2Si2/c1-9-15-42-68(43-16-10-2,44-17-11-3)51-38-34-49(35-39-51)64(55-32-26-24-30-53(55)62-66(7,58)59)57(48-28-22-21-23-29-48)65(56-33-27-25-31-54(56)63-67(8,60)61)50-36-40-52(41-37-50)69(45-18-12-4,46-19-13-5)47-20-14-6/h24-27,30-41,48H,9-23,28-29,42-47H2,1-8H3. The van der Waals surface area contributed by atoms with Gasteiger partial charge in [-0.2, -0.15) is 16.8 Å². The minimum Gasteiger partial charge on any atom is -0.382 e. The molecule has 2 atom stereocenters. The van der Waals surface area contributed by atoms with E-state index in [0.29, 0.717) is 11.5 Å². The van der Waals surface area contributed by atoms with E-state index in [1.54, 1.807) is 0 Å². The Kier molecular flexibility index (Phi) is 23.5. The van der Waals surface area contributed by atoms with E-state index in [2.05, 4.69) is 107 Å². The summed E-state index contributed by atoms with van der Waals surface area (Å²) in [5, 5.41) is 7.05. The topological polar surface area (TPSA) is 90.0 Å². The average molecular weight is 1050 g/mol. The molecule has 1 aliphatic rings. The summed E-state index contributed by atoms with van der Waals surface area (Å²) in [6.45, 7) is 13.9. The van der Waals surface area contributed by atoms with E-state index in [-0.39, 0.29) is 6.04 Å². The highest BCUT2D eigenvalue weighted by Crippen LogP contribution is 2.59. The first kappa shape index (κ1) is 57.5. The molecule has 0 amide bonds. The Balaban J connectivity index is 1.87. The van der Waals surface area contributed by atoms with Gasteiger partial charge in [0.2, 0.25) is 0 Å². The Morgan fingerprint density at radius 1 is 0.464 bits per heavy atom. The lowest BCUT2D eigenvalue weighted by molar-refractivity contribution is 0.355. The zero-order valence-corrected chi connectivity index (χ0v) is 49.1. The Labute approximate surface area is 425 Å². The fourth-order valence-electron chi connectivity index (χ4n) is 10.8. The molecule has 0 spiro atoms. The van der Waals surface area contributed by atoms with E-state index in [1.807, 2.05) is 36.4 Å². The van der Waals surface area contributed by atoms with Gasteiger partial charge in [0, 0.05) is 32.8 Å². The predicted octanol–water partition coefficient (Wildman–Crippen LogP) is 13.5. The molecular weight excluding hydrogens is 965 g/mol. The van der Waals surface area contributed by atoms with Gasteiger partial charge >= 0.3 is 20.2 Å². The molecule has 13 heteroatoms. The van der Waals surface area contributed by atoms with E-state index in [4.69, 9.17) is 8.37 Å². The lowest BCUT2D eigenvalue weighted by atomic mass is 9.96. The molecule has 0 radical (unpaired) electrons. The van der Waals surface area contributed by atoms with Crippen LogP contribution < -0.4 is 40.0 Å². The number of benzene rings is 4. The van der Waals surface area contributed by atoms with Gasteiger partial charge in [-0.15, -0.1) is 0 Å². The summed E-state index contributed by atoms with van der Waals surface area (Å²) in [4.78, 5) is 0. The van der Waals surface area contributed by atoms with Crippen LogP contribution in [0, 0.1) is 0 Å². The molecule has 382 valence electrons. The predicted molar refractivity (Wildman–Crippen MR) is 307 cm³/mol. The molecule has 69 heavy (non-hydrogen) atoms. The second kappa shape index (κ2) is 28.2. The van der Waals surface area contributed by atoms with Gasteiger partial charge in [0.05, 0.1) is 28.7 Å². The third-order valence-electron chi connectivity index (χ3n) is 14.5. The van der Waals surface area contributed by atoms with Crippen molar-refractivity contribution in [3.63, 3.8) is 0 Å². The van der Waals surface area contributed by atoms with Crippen molar-refractivity contribution in [2.24, 2.45) is 0 Å². The Morgan fingerprint density at radius 3 is 1.06 bits per heavy atom. The fourth-order valence-corrected chi connectivity index (χ4v) is 29.5. The summed E-state index contributed by atoms with van der Waals surface area (Å²) >= 11 is 0. The lowest BCUT2D eigenvalue weighted by Gasteiger charge is -2.45. The summed E-state index contributed by atoms with van der Waals surface area (Å²) in [5.41, 5.74) is 0. The normalized spacial score (nSPS) is 15.0. The smallest absolute Gasteiger partial charge is 0.306 e. The summed E-state index contributed by atoms with van der Waals surface area (Å²) in [6, 6.07) is 42.8. The van der Waals surface area contributed by atoms with Crippen molar-refractivity contribution in [2.45, 2.75) is 193 Å². The molecule has 4 aromatic carbocycles. The maximum atomic E-state index is 13.2. The number of hydrogen-bond acceptors (Lipinski definition) is 7. The largest absolute Gasteiger partial charge is 0.382 e. The van der Waals surface area contributed by atoms with E-state index in [0.717, 1.165) is 65.8 Å². The number of nitrogens with zero attached hydrogens (tertiary/aromatic N) is 1. The summed E-state index contributed by atoms with van der Waals surface area (Å²) in [7, 11) is -14.5.